The van der Waals surface area contributed by atoms with Gasteiger partial charge in [-0.1, -0.05) is 68.8 Å². The Labute approximate surface area is 368 Å². The van der Waals surface area contributed by atoms with Crippen LogP contribution in [0.1, 0.15) is 88.0 Å². The van der Waals surface area contributed by atoms with Gasteiger partial charge in [-0.05, 0) is 157 Å². The van der Waals surface area contributed by atoms with Gasteiger partial charge in [0.1, 0.15) is 23.1 Å². The highest BCUT2D eigenvalue weighted by Gasteiger charge is 2.28. The molecule has 2 N–H and O–H groups in total. The number of nitrogens with zero attached hydrogens (tertiary/aromatic N) is 4. The topological polar surface area (TPSA) is 89.6 Å². The summed E-state index contributed by atoms with van der Waals surface area (Å²) in [5, 5.41) is 6.14. The molecule has 12 heteroatoms. The fraction of sp³-hybridized carbons (Fsp3) is 0.480. The fourth-order valence-electron chi connectivity index (χ4n) is 7.52. The third kappa shape index (κ3) is 15.9. The Kier molecular flexibility index (Phi) is 19.3. The monoisotopic (exact) mass is 855 g/mol. The maximum absolute atomic E-state index is 13.3. The molecule has 0 aromatic heterocycles. The van der Waals surface area contributed by atoms with Crippen molar-refractivity contribution in [3.8, 4) is 11.5 Å². The molecular formula is C50H68F2N6O4. The van der Waals surface area contributed by atoms with Gasteiger partial charge in [-0.2, -0.15) is 0 Å². The van der Waals surface area contributed by atoms with Gasteiger partial charge < -0.3 is 39.7 Å². The molecule has 2 heterocycles. The van der Waals surface area contributed by atoms with Crippen LogP contribution in [-0.4, -0.2) is 96.7 Å². The third-order valence-electron chi connectivity index (χ3n) is 11.7. The Morgan fingerprint density at radius 2 is 1.02 bits per heavy atom. The largest absolute Gasteiger partial charge is 0.494 e. The van der Waals surface area contributed by atoms with E-state index in [0.29, 0.717) is 26.2 Å². The van der Waals surface area contributed by atoms with Crippen molar-refractivity contribution >= 4 is 12.1 Å². The summed E-state index contributed by atoms with van der Waals surface area (Å²) in [6, 6.07) is 28.7. The van der Waals surface area contributed by atoms with Gasteiger partial charge in [0.05, 0.1) is 12.7 Å². The minimum atomic E-state index is -0.264. The van der Waals surface area contributed by atoms with E-state index in [1.807, 2.05) is 65.3 Å². The summed E-state index contributed by atoms with van der Waals surface area (Å²) in [6.45, 7) is 12.7. The zero-order chi connectivity index (χ0) is 44.3. The molecule has 2 fully saturated rings. The van der Waals surface area contributed by atoms with Gasteiger partial charge in [0, 0.05) is 38.3 Å². The first-order valence-corrected chi connectivity index (χ1v) is 22.4. The molecule has 4 aromatic carbocycles. The van der Waals surface area contributed by atoms with Gasteiger partial charge in [-0.15, -0.1) is 0 Å². The molecule has 10 nitrogen and oxygen atoms in total. The zero-order valence-electron chi connectivity index (χ0n) is 37.5. The summed E-state index contributed by atoms with van der Waals surface area (Å²) in [5.74, 6) is 1.17. The summed E-state index contributed by atoms with van der Waals surface area (Å²) in [7, 11) is 4.21. The fourth-order valence-corrected chi connectivity index (χ4v) is 7.52. The van der Waals surface area contributed by atoms with Crippen LogP contribution >= 0.6 is 0 Å². The average molecular weight is 855 g/mol. The van der Waals surface area contributed by atoms with Crippen molar-refractivity contribution in [2.24, 2.45) is 0 Å². The summed E-state index contributed by atoms with van der Waals surface area (Å²) in [4.78, 5) is 34.6. The van der Waals surface area contributed by atoms with Crippen molar-refractivity contribution in [2.75, 3.05) is 46.9 Å². The molecule has 0 spiro atoms. The molecule has 0 bridgehead atoms. The Balaban J connectivity index is 0.000000234. The summed E-state index contributed by atoms with van der Waals surface area (Å²) in [6.07, 6.45) is 7.04. The van der Waals surface area contributed by atoms with Crippen LogP contribution in [0.3, 0.4) is 0 Å². The lowest BCUT2D eigenvalue weighted by Crippen LogP contribution is -2.49. The summed E-state index contributed by atoms with van der Waals surface area (Å²) >= 11 is 0. The highest BCUT2D eigenvalue weighted by Crippen LogP contribution is 2.22. The van der Waals surface area contributed by atoms with Gasteiger partial charge in [-0.25, -0.2) is 18.4 Å². The first-order valence-electron chi connectivity index (χ1n) is 22.4. The number of ether oxygens (including phenoxy) is 2. The zero-order valence-corrected chi connectivity index (χ0v) is 37.5. The number of hydrogen-bond acceptors (Lipinski definition) is 6. The normalized spacial score (nSPS) is 15.5. The smallest absolute Gasteiger partial charge is 0.318 e. The van der Waals surface area contributed by atoms with Crippen LogP contribution in [-0.2, 0) is 26.2 Å². The molecule has 336 valence electrons. The minimum absolute atomic E-state index is 0.0813. The van der Waals surface area contributed by atoms with Crippen LogP contribution in [0.4, 0.5) is 18.4 Å². The van der Waals surface area contributed by atoms with Crippen molar-refractivity contribution in [3.63, 3.8) is 0 Å². The number of nitrogens with one attached hydrogen (secondary N) is 2. The van der Waals surface area contributed by atoms with Crippen molar-refractivity contribution in [2.45, 2.75) is 110 Å². The van der Waals surface area contributed by atoms with Crippen LogP contribution < -0.4 is 20.1 Å². The Morgan fingerprint density at radius 1 is 0.629 bits per heavy atom. The molecule has 4 amide bonds. The molecule has 4 aromatic rings. The highest BCUT2D eigenvalue weighted by atomic mass is 19.1. The minimum Gasteiger partial charge on any atom is -0.494 e. The number of piperidine rings is 2. The first kappa shape index (κ1) is 47.8. The summed E-state index contributed by atoms with van der Waals surface area (Å²) < 4.78 is 38.1. The van der Waals surface area contributed by atoms with Crippen LogP contribution in [0.5, 0.6) is 11.5 Å². The highest BCUT2D eigenvalue weighted by molar-refractivity contribution is 5.75. The van der Waals surface area contributed by atoms with Crippen molar-refractivity contribution < 1.29 is 27.8 Å². The number of halogens is 2. The number of carbonyl (C=O) groups is 2. The van der Waals surface area contributed by atoms with Crippen LogP contribution in [0.15, 0.2) is 97.1 Å². The van der Waals surface area contributed by atoms with E-state index in [2.05, 4.69) is 48.4 Å². The number of amides is 4. The number of rotatable bonds is 17. The van der Waals surface area contributed by atoms with Gasteiger partial charge in [0.25, 0.3) is 0 Å². The predicted molar refractivity (Wildman–Crippen MR) is 243 cm³/mol. The van der Waals surface area contributed by atoms with E-state index in [-0.39, 0.29) is 41.9 Å². The number of benzene rings is 4. The van der Waals surface area contributed by atoms with Gasteiger partial charge in [0.2, 0.25) is 0 Å². The van der Waals surface area contributed by atoms with E-state index < -0.39 is 0 Å². The van der Waals surface area contributed by atoms with Crippen LogP contribution in [0.2, 0.25) is 0 Å². The average Bonchev–Trinajstić information content (AvgIpc) is 3.29. The molecule has 1 atom stereocenters. The first-order chi connectivity index (χ1) is 30.0. The molecule has 6 rings (SSSR count). The number of carbonyl (C=O) groups excluding carboxylic acids is 2. The second-order valence-electron chi connectivity index (χ2n) is 16.7. The van der Waals surface area contributed by atoms with Crippen molar-refractivity contribution in [3.05, 3.63) is 131 Å². The molecular weight excluding hydrogens is 787 g/mol. The van der Waals surface area contributed by atoms with E-state index in [0.717, 1.165) is 111 Å². The summed E-state index contributed by atoms with van der Waals surface area (Å²) in [5.41, 5.74) is 3.92. The number of unbranched alkanes of at least 4 members (excludes halogenated alkanes) is 1. The van der Waals surface area contributed by atoms with Crippen molar-refractivity contribution in [1.82, 2.24) is 30.2 Å². The van der Waals surface area contributed by atoms with E-state index in [9.17, 15) is 18.4 Å². The number of hydrogen-bond donors (Lipinski definition) is 2. The molecule has 2 saturated heterocycles. The Hall–Kier alpha value is -5.20. The number of likely N-dealkylation sites (tertiary alicyclic amines) is 2. The number of urea groups is 2. The van der Waals surface area contributed by atoms with E-state index >= 15 is 0 Å². The Bertz CT molecular complexity index is 1900. The molecule has 2 aliphatic heterocycles. The molecule has 0 radical (unpaired) electrons. The quantitative estimate of drug-likeness (QED) is 0.103. The molecule has 0 saturated carbocycles. The van der Waals surface area contributed by atoms with Gasteiger partial charge in [-0.3, -0.25) is 0 Å². The van der Waals surface area contributed by atoms with Crippen molar-refractivity contribution in [1.29, 1.82) is 0 Å². The molecule has 62 heavy (non-hydrogen) atoms. The van der Waals surface area contributed by atoms with E-state index in [1.165, 1.54) is 24.3 Å². The van der Waals surface area contributed by atoms with Crippen LogP contribution in [0.25, 0.3) is 0 Å². The maximum atomic E-state index is 13.3. The van der Waals surface area contributed by atoms with Gasteiger partial charge >= 0.3 is 12.1 Å². The second-order valence-corrected chi connectivity index (χ2v) is 16.7. The molecule has 1 unspecified atom stereocenters. The lowest BCUT2D eigenvalue weighted by atomic mass is 10.0. The second kappa shape index (κ2) is 25.0. The maximum Gasteiger partial charge on any atom is 0.318 e. The third-order valence-corrected chi connectivity index (χ3v) is 11.7. The SMILES string of the molecule is CCC(C)Oc1ccc(CNC(=O)N(Cc2ccc(F)cc2)C2CCN(C)CC2)cc1.CCCCOc1ccc(CNC(=O)N(Cc2ccc(F)cc2)C2CCN(C)CC2)cc1. The standard InChI is InChI=1S/2C25H34FN3O2/c1-4-19(2)31-24-11-7-20(8-12-24)17-27-25(30)29(23-13-15-28(3)16-14-23)18-21-5-9-22(26)10-6-21;1-3-4-17-31-24-11-7-20(8-12-24)18-27-25(30)29(23-13-15-28(2)16-14-23)19-21-5-9-22(26)10-6-21/h5-12,19,23H,4,13-18H2,1-3H3,(H,27,30);5-12,23H,3-4,13-19H2,1-2H3,(H,27,30). The Morgan fingerprint density at radius 3 is 1.40 bits per heavy atom. The van der Waals surface area contributed by atoms with E-state index in [1.54, 1.807) is 24.3 Å². The van der Waals surface area contributed by atoms with Crippen LogP contribution in [0, 0.1) is 11.6 Å². The molecule has 0 aliphatic carbocycles. The molecule has 2 aliphatic rings. The predicted octanol–water partition coefficient (Wildman–Crippen LogP) is 9.62. The lowest BCUT2D eigenvalue weighted by Gasteiger charge is -2.37. The van der Waals surface area contributed by atoms with Gasteiger partial charge in [0.15, 0.2) is 0 Å². The van der Waals surface area contributed by atoms with E-state index in [4.69, 9.17) is 9.47 Å². The lowest BCUT2D eigenvalue weighted by molar-refractivity contribution is 0.126.